The summed E-state index contributed by atoms with van der Waals surface area (Å²) in [6.45, 7) is 4.52. The molecule has 1 aromatic carbocycles. The predicted octanol–water partition coefficient (Wildman–Crippen LogP) is 4.79. The Bertz CT molecular complexity index is 426. The lowest BCUT2D eigenvalue weighted by atomic mass is 10.2. The van der Waals surface area contributed by atoms with Gasteiger partial charge in [-0.05, 0) is 34.8 Å². The molecule has 0 aliphatic heterocycles. The second-order valence-corrected chi connectivity index (χ2v) is 5.79. The van der Waals surface area contributed by atoms with E-state index in [1.54, 1.807) is 10.9 Å². The zero-order chi connectivity index (χ0) is 10.7. The van der Waals surface area contributed by atoms with Crippen molar-refractivity contribution in [3.63, 3.8) is 0 Å². The molecule has 0 aliphatic rings. The van der Waals surface area contributed by atoms with Gasteiger partial charge in [0.1, 0.15) is 0 Å². The molecule has 0 saturated carbocycles. The monoisotopic (exact) mass is 216 g/mol. The molecule has 2 rings (SSSR count). The van der Waals surface area contributed by atoms with Crippen molar-refractivity contribution in [3.05, 3.63) is 53.1 Å². The van der Waals surface area contributed by atoms with Crippen LogP contribution in [0.15, 0.2) is 42.2 Å². The van der Waals surface area contributed by atoms with E-state index in [1.807, 2.05) is 0 Å². The Balaban J connectivity index is 2.49. The molecule has 1 heteroatoms. The summed E-state index contributed by atoms with van der Waals surface area (Å²) < 4.78 is 0. The van der Waals surface area contributed by atoms with E-state index in [9.17, 15) is 0 Å². The fraction of sp³-hybridized carbons (Fsp3) is 0.286. The van der Waals surface area contributed by atoms with Gasteiger partial charge < -0.3 is 0 Å². The van der Waals surface area contributed by atoms with Gasteiger partial charge >= 0.3 is 0 Å². The Hall–Kier alpha value is -1.00. The Morgan fingerprint density at radius 2 is 1.67 bits per heavy atom. The van der Waals surface area contributed by atoms with Gasteiger partial charge in [-0.25, -0.2) is 0 Å². The summed E-state index contributed by atoms with van der Waals surface area (Å²) >= 11 is 0. The van der Waals surface area contributed by atoms with Crippen LogP contribution in [-0.2, 0) is 12.8 Å². The first-order chi connectivity index (χ1) is 7.36. The largest absolute Gasteiger partial charge is 0.0898 e. The molecule has 0 radical (unpaired) electrons. The first kappa shape index (κ1) is 10.5. The van der Waals surface area contributed by atoms with Gasteiger partial charge in [0.2, 0.25) is 0 Å². The van der Waals surface area contributed by atoms with Crippen LogP contribution in [0.3, 0.4) is 0 Å². The van der Waals surface area contributed by atoms with Crippen LogP contribution in [0.1, 0.15) is 24.7 Å². The molecule has 0 N–H and O–H groups in total. The van der Waals surface area contributed by atoms with Crippen LogP contribution in [0.5, 0.6) is 0 Å². The van der Waals surface area contributed by atoms with Crippen LogP contribution in [0.4, 0.5) is 0 Å². The molecular formula is C14H17P. The van der Waals surface area contributed by atoms with Gasteiger partial charge in [-0.3, -0.25) is 0 Å². The van der Waals surface area contributed by atoms with Crippen molar-refractivity contribution in [2.45, 2.75) is 26.7 Å². The normalized spacial score (nSPS) is 11.7. The third kappa shape index (κ3) is 2.01. The molecule has 0 aliphatic carbocycles. The molecule has 2 aromatic rings. The number of benzene rings is 1. The average Bonchev–Trinajstić information content (AvgIpc) is 2.72. The molecule has 0 bridgehead atoms. The van der Waals surface area contributed by atoms with Crippen molar-refractivity contribution in [1.82, 2.24) is 0 Å². The SMILES string of the molecule is CCc1ccp(-c2ccccc2)c1CC. The van der Waals surface area contributed by atoms with Crippen molar-refractivity contribution in [1.29, 1.82) is 0 Å². The minimum atomic E-state index is -0.150. The van der Waals surface area contributed by atoms with E-state index in [0.717, 1.165) is 0 Å². The third-order valence-electron chi connectivity index (χ3n) is 2.84. The first-order valence-electron chi connectivity index (χ1n) is 5.61. The van der Waals surface area contributed by atoms with Crippen LogP contribution in [0.25, 0.3) is 5.30 Å². The smallest absolute Gasteiger partial charge is 0.00193 e. The molecule has 15 heavy (non-hydrogen) atoms. The van der Waals surface area contributed by atoms with E-state index in [-0.39, 0.29) is 7.53 Å². The molecule has 0 spiro atoms. The molecule has 1 unspecified atom stereocenters. The fourth-order valence-electron chi connectivity index (χ4n) is 2.06. The van der Waals surface area contributed by atoms with E-state index >= 15 is 0 Å². The van der Waals surface area contributed by atoms with Crippen LogP contribution in [-0.4, -0.2) is 0 Å². The highest BCUT2D eigenvalue weighted by Crippen LogP contribution is 2.45. The van der Waals surface area contributed by atoms with Crippen molar-refractivity contribution in [3.8, 4) is 5.30 Å². The number of aryl methyl sites for hydroxylation is 1. The lowest BCUT2D eigenvalue weighted by Crippen LogP contribution is -1.82. The van der Waals surface area contributed by atoms with Crippen LogP contribution in [0, 0.1) is 0 Å². The Kier molecular flexibility index (Phi) is 3.28. The molecule has 0 fully saturated rings. The first-order valence-corrected chi connectivity index (χ1v) is 7.02. The third-order valence-corrected chi connectivity index (χ3v) is 5.32. The molecule has 1 atom stereocenters. The van der Waals surface area contributed by atoms with Gasteiger partial charge in [-0.15, -0.1) is 0 Å². The van der Waals surface area contributed by atoms with E-state index in [2.05, 4.69) is 56.0 Å². The highest BCUT2D eigenvalue weighted by Gasteiger charge is 2.07. The molecule has 78 valence electrons. The maximum absolute atomic E-state index is 2.41. The Labute approximate surface area is 93.0 Å². The van der Waals surface area contributed by atoms with Crippen LogP contribution < -0.4 is 0 Å². The van der Waals surface area contributed by atoms with Crippen molar-refractivity contribution >= 4 is 7.53 Å². The number of rotatable bonds is 3. The fourth-order valence-corrected chi connectivity index (χ4v) is 4.42. The van der Waals surface area contributed by atoms with Gasteiger partial charge in [0, 0.05) is 0 Å². The summed E-state index contributed by atoms with van der Waals surface area (Å²) in [5.74, 6) is 2.41. The lowest BCUT2D eigenvalue weighted by Gasteiger charge is -2.05. The number of hydrogen-bond acceptors (Lipinski definition) is 0. The molecule has 0 amide bonds. The molecule has 0 nitrogen and oxygen atoms in total. The van der Waals surface area contributed by atoms with Crippen LogP contribution >= 0.6 is 7.53 Å². The summed E-state index contributed by atoms with van der Waals surface area (Å²) in [4.78, 5) is 0. The van der Waals surface area contributed by atoms with E-state index in [4.69, 9.17) is 0 Å². The summed E-state index contributed by atoms with van der Waals surface area (Å²) in [7, 11) is -0.150. The van der Waals surface area contributed by atoms with Gasteiger partial charge in [0.15, 0.2) is 0 Å². The van der Waals surface area contributed by atoms with Gasteiger partial charge in [-0.1, -0.05) is 57.8 Å². The van der Waals surface area contributed by atoms with Crippen molar-refractivity contribution in [2.24, 2.45) is 0 Å². The summed E-state index contributed by atoms with van der Waals surface area (Å²) in [6, 6.07) is 13.2. The summed E-state index contributed by atoms with van der Waals surface area (Å²) in [6.07, 6.45) is 2.36. The standard InChI is InChI=1S/C14H17P/c1-3-12-10-11-15(14(12)4-2)13-8-6-5-7-9-13/h5-11H,3-4H2,1-2H3. The topological polar surface area (TPSA) is 0 Å². The maximum atomic E-state index is 2.41. The van der Waals surface area contributed by atoms with Gasteiger partial charge in [0.05, 0.1) is 0 Å². The molecule has 1 aromatic heterocycles. The molecular weight excluding hydrogens is 199 g/mol. The minimum absolute atomic E-state index is 0.150. The van der Waals surface area contributed by atoms with E-state index < -0.39 is 0 Å². The number of hydrogen-bond donors (Lipinski definition) is 0. The lowest BCUT2D eigenvalue weighted by molar-refractivity contribution is 1.07. The average molecular weight is 216 g/mol. The van der Waals surface area contributed by atoms with Crippen molar-refractivity contribution in [2.75, 3.05) is 0 Å². The summed E-state index contributed by atoms with van der Waals surface area (Å²) in [5.41, 5.74) is 1.56. The zero-order valence-electron chi connectivity index (χ0n) is 9.40. The Morgan fingerprint density at radius 1 is 0.933 bits per heavy atom. The quantitative estimate of drug-likeness (QED) is 0.692. The Morgan fingerprint density at radius 3 is 2.27 bits per heavy atom. The second-order valence-electron chi connectivity index (χ2n) is 3.70. The molecule has 0 saturated heterocycles. The minimum Gasteiger partial charge on any atom is -0.0898 e. The highest BCUT2D eigenvalue weighted by molar-refractivity contribution is 7.57. The van der Waals surface area contributed by atoms with E-state index in [0.29, 0.717) is 0 Å². The summed E-state index contributed by atoms with van der Waals surface area (Å²) in [5, 5.41) is 3.16. The van der Waals surface area contributed by atoms with Gasteiger partial charge in [-0.2, -0.15) is 0 Å². The molecule has 1 heterocycles. The van der Waals surface area contributed by atoms with Crippen molar-refractivity contribution < 1.29 is 0 Å². The van der Waals surface area contributed by atoms with Crippen LogP contribution in [0.2, 0.25) is 0 Å². The van der Waals surface area contributed by atoms with E-state index in [1.165, 1.54) is 18.1 Å². The maximum Gasteiger partial charge on any atom is -0.00193 e. The van der Waals surface area contributed by atoms with Gasteiger partial charge in [0.25, 0.3) is 0 Å². The predicted molar refractivity (Wildman–Crippen MR) is 69.2 cm³/mol. The highest BCUT2D eigenvalue weighted by atomic mass is 31.1. The second kappa shape index (κ2) is 4.68. The zero-order valence-corrected chi connectivity index (χ0v) is 10.3.